The number of hydrogen-bond acceptors (Lipinski definition) is 6. The van der Waals surface area contributed by atoms with Crippen LogP contribution >= 0.6 is 0 Å². The first-order valence-corrected chi connectivity index (χ1v) is 6.11. The number of ether oxygens (including phenoxy) is 1. The molecule has 2 rings (SSSR count). The van der Waals surface area contributed by atoms with Crippen LogP contribution in [-0.4, -0.2) is 46.5 Å². The predicted octanol–water partition coefficient (Wildman–Crippen LogP) is 0.0867. The molecule has 0 aliphatic carbocycles. The minimum absolute atomic E-state index is 0.283. The number of rotatable bonds is 4. The maximum atomic E-state index is 11.2. The summed E-state index contributed by atoms with van der Waals surface area (Å²) in [4.78, 5) is 17.0. The van der Waals surface area contributed by atoms with Crippen LogP contribution in [0.2, 0.25) is 0 Å². The lowest BCUT2D eigenvalue weighted by Gasteiger charge is -2.24. The zero-order chi connectivity index (χ0) is 14.0. The number of pyridine rings is 1. The quantitative estimate of drug-likeness (QED) is 0.709. The first-order chi connectivity index (χ1) is 9.04. The van der Waals surface area contributed by atoms with Crippen molar-refractivity contribution < 1.29 is 19.7 Å². The van der Waals surface area contributed by atoms with Crippen molar-refractivity contribution in [1.29, 1.82) is 0 Å². The molecule has 0 radical (unpaired) electrons. The standard InChI is InChI=1S/C12H17N3O4/c1-2-19-11-7(13)3-4-9(14-11)15-6-5-8(16)10(15)12(17)18/h3-4,8,10,16H,2,5-6,13H2,1H3,(H,17,18). The number of carbonyl (C=O) groups is 1. The molecule has 2 atom stereocenters. The van der Waals surface area contributed by atoms with Gasteiger partial charge in [-0.2, -0.15) is 4.98 Å². The van der Waals surface area contributed by atoms with Gasteiger partial charge in [0.2, 0.25) is 5.88 Å². The van der Waals surface area contributed by atoms with Crippen molar-refractivity contribution in [3.63, 3.8) is 0 Å². The molecule has 7 nitrogen and oxygen atoms in total. The molecule has 0 aromatic carbocycles. The summed E-state index contributed by atoms with van der Waals surface area (Å²) in [6.07, 6.45) is -0.500. The molecule has 104 valence electrons. The molecule has 2 heterocycles. The van der Waals surface area contributed by atoms with Crippen LogP contribution < -0.4 is 15.4 Å². The highest BCUT2D eigenvalue weighted by molar-refractivity contribution is 5.79. The average molecular weight is 267 g/mol. The van der Waals surface area contributed by atoms with Gasteiger partial charge in [-0.15, -0.1) is 0 Å². The summed E-state index contributed by atoms with van der Waals surface area (Å²) in [6, 6.07) is 2.27. The number of carboxylic acids is 1. The van der Waals surface area contributed by atoms with E-state index >= 15 is 0 Å². The predicted molar refractivity (Wildman–Crippen MR) is 69.2 cm³/mol. The second-order valence-electron chi connectivity index (χ2n) is 4.33. The molecule has 0 spiro atoms. The van der Waals surface area contributed by atoms with Gasteiger partial charge in [0.15, 0.2) is 6.04 Å². The molecule has 7 heteroatoms. The van der Waals surface area contributed by atoms with E-state index in [2.05, 4.69) is 4.98 Å². The Hall–Kier alpha value is -2.02. The van der Waals surface area contributed by atoms with Crippen LogP contribution in [0.4, 0.5) is 11.5 Å². The number of aliphatic hydroxyl groups excluding tert-OH is 1. The minimum Gasteiger partial charge on any atom is -0.480 e. The van der Waals surface area contributed by atoms with Crippen LogP contribution in [0.1, 0.15) is 13.3 Å². The number of aliphatic carboxylic acids is 1. The second-order valence-corrected chi connectivity index (χ2v) is 4.33. The summed E-state index contributed by atoms with van der Waals surface area (Å²) < 4.78 is 5.29. The maximum absolute atomic E-state index is 11.2. The van der Waals surface area contributed by atoms with Crippen molar-refractivity contribution in [2.24, 2.45) is 0 Å². The van der Waals surface area contributed by atoms with E-state index in [4.69, 9.17) is 15.6 Å². The van der Waals surface area contributed by atoms with E-state index in [1.807, 2.05) is 6.92 Å². The topological polar surface area (TPSA) is 109 Å². The van der Waals surface area contributed by atoms with Crippen LogP contribution in [0.15, 0.2) is 12.1 Å². The first kappa shape index (κ1) is 13.4. The van der Waals surface area contributed by atoms with E-state index in [1.165, 1.54) is 0 Å². The van der Waals surface area contributed by atoms with Gasteiger partial charge in [0, 0.05) is 6.54 Å². The fourth-order valence-electron chi connectivity index (χ4n) is 2.18. The van der Waals surface area contributed by atoms with Gasteiger partial charge < -0.3 is 25.6 Å². The molecule has 1 saturated heterocycles. The fraction of sp³-hybridized carbons (Fsp3) is 0.500. The van der Waals surface area contributed by atoms with Gasteiger partial charge in [-0.25, -0.2) is 4.79 Å². The molecule has 1 aliphatic heterocycles. The number of anilines is 2. The van der Waals surface area contributed by atoms with Crippen molar-refractivity contribution in [3.8, 4) is 5.88 Å². The number of nitrogens with zero attached hydrogens (tertiary/aromatic N) is 2. The van der Waals surface area contributed by atoms with Crippen LogP contribution in [0.3, 0.4) is 0 Å². The molecule has 1 aliphatic rings. The van der Waals surface area contributed by atoms with Crippen molar-refractivity contribution in [1.82, 2.24) is 4.98 Å². The SMILES string of the molecule is CCOc1nc(N2CCC(O)C2C(=O)O)ccc1N. The van der Waals surface area contributed by atoms with Crippen LogP contribution in [0.5, 0.6) is 5.88 Å². The van der Waals surface area contributed by atoms with Gasteiger partial charge in [-0.1, -0.05) is 0 Å². The Bertz CT molecular complexity index is 480. The maximum Gasteiger partial charge on any atom is 0.329 e. The molecular formula is C12H17N3O4. The number of nitrogen functional groups attached to an aromatic ring is 1. The first-order valence-electron chi connectivity index (χ1n) is 6.11. The van der Waals surface area contributed by atoms with Crippen LogP contribution in [0.25, 0.3) is 0 Å². The van der Waals surface area contributed by atoms with Gasteiger partial charge >= 0.3 is 5.97 Å². The number of hydrogen-bond donors (Lipinski definition) is 3. The number of aliphatic hydroxyl groups is 1. The Labute approximate surface area is 110 Å². The number of aromatic nitrogens is 1. The van der Waals surface area contributed by atoms with Crippen molar-refractivity contribution in [2.45, 2.75) is 25.5 Å². The molecule has 1 aromatic rings. The van der Waals surface area contributed by atoms with Gasteiger partial charge in [-0.05, 0) is 25.5 Å². The third-order valence-electron chi connectivity index (χ3n) is 3.07. The molecule has 0 saturated carbocycles. The molecule has 0 amide bonds. The molecule has 4 N–H and O–H groups in total. The Balaban J connectivity index is 2.31. The van der Waals surface area contributed by atoms with Gasteiger partial charge in [0.25, 0.3) is 0 Å². The minimum atomic E-state index is -1.07. The Kier molecular flexibility index (Phi) is 3.75. The molecule has 0 bridgehead atoms. The van der Waals surface area contributed by atoms with Crippen molar-refractivity contribution in [3.05, 3.63) is 12.1 Å². The smallest absolute Gasteiger partial charge is 0.329 e. The van der Waals surface area contributed by atoms with E-state index in [1.54, 1.807) is 17.0 Å². The van der Waals surface area contributed by atoms with E-state index in [-0.39, 0.29) is 5.88 Å². The summed E-state index contributed by atoms with van der Waals surface area (Å²) in [5.74, 6) is -0.339. The van der Waals surface area contributed by atoms with Gasteiger partial charge in [0.1, 0.15) is 5.82 Å². The monoisotopic (exact) mass is 267 g/mol. The average Bonchev–Trinajstić information content (AvgIpc) is 2.74. The highest BCUT2D eigenvalue weighted by atomic mass is 16.5. The Morgan fingerprint density at radius 3 is 3.00 bits per heavy atom. The molecule has 2 unspecified atom stereocenters. The zero-order valence-electron chi connectivity index (χ0n) is 10.6. The normalized spacial score (nSPS) is 22.5. The summed E-state index contributed by atoms with van der Waals surface area (Å²) in [7, 11) is 0. The largest absolute Gasteiger partial charge is 0.480 e. The second kappa shape index (κ2) is 5.31. The Morgan fingerprint density at radius 2 is 2.37 bits per heavy atom. The zero-order valence-corrected chi connectivity index (χ0v) is 10.6. The fourth-order valence-corrected chi connectivity index (χ4v) is 2.18. The summed E-state index contributed by atoms with van der Waals surface area (Å²) >= 11 is 0. The highest BCUT2D eigenvalue weighted by Gasteiger charge is 2.39. The molecule has 19 heavy (non-hydrogen) atoms. The molecule has 1 aromatic heterocycles. The van der Waals surface area contributed by atoms with Gasteiger partial charge in [0.05, 0.1) is 18.4 Å². The molecular weight excluding hydrogens is 250 g/mol. The highest BCUT2D eigenvalue weighted by Crippen LogP contribution is 2.28. The van der Waals surface area contributed by atoms with E-state index < -0.39 is 18.1 Å². The van der Waals surface area contributed by atoms with Gasteiger partial charge in [-0.3, -0.25) is 0 Å². The third kappa shape index (κ3) is 2.55. The Morgan fingerprint density at radius 1 is 1.63 bits per heavy atom. The lowest BCUT2D eigenvalue weighted by atomic mass is 10.2. The number of carboxylic acid groups (broad SMARTS) is 1. The van der Waals surface area contributed by atoms with Crippen LogP contribution in [0, 0.1) is 0 Å². The van der Waals surface area contributed by atoms with E-state index in [0.29, 0.717) is 31.1 Å². The van der Waals surface area contributed by atoms with Crippen molar-refractivity contribution >= 4 is 17.5 Å². The summed E-state index contributed by atoms with van der Waals surface area (Å²) in [5, 5.41) is 18.9. The number of nitrogens with two attached hydrogens (primary N) is 1. The molecule has 1 fully saturated rings. The van der Waals surface area contributed by atoms with E-state index in [9.17, 15) is 9.90 Å². The van der Waals surface area contributed by atoms with E-state index in [0.717, 1.165) is 0 Å². The summed E-state index contributed by atoms with van der Waals surface area (Å²) in [5.41, 5.74) is 6.12. The lowest BCUT2D eigenvalue weighted by Crippen LogP contribution is -2.42. The van der Waals surface area contributed by atoms with Crippen LogP contribution in [-0.2, 0) is 4.79 Å². The third-order valence-corrected chi connectivity index (χ3v) is 3.07. The summed E-state index contributed by atoms with van der Waals surface area (Å²) in [6.45, 7) is 2.67. The lowest BCUT2D eigenvalue weighted by molar-refractivity contribution is -0.140. The van der Waals surface area contributed by atoms with Crippen molar-refractivity contribution in [2.75, 3.05) is 23.8 Å².